The van der Waals surface area contributed by atoms with Gasteiger partial charge in [-0.15, -0.1) is 0 Å². The molecule has 384 valence electrons. The summed E-state index contributed by atoms with van der Waals surface area (Å²) in [5, 5.41) is 5.51. The molecular weight excluding hydrogens is 921 g/mol. The van der Waals surface area contributed by atoms with Crippen molar-refractivity contribution >= 4 is 57.4 Å². The molecule has 6 atom stereocenters. The first-order valence-electron chi connectivity index (χ1n) is 26.4. The van der Waals surface area contributed by atoms with Gasteiger partial charge in [-0.3, -0.25) is 9.59 Å². The smallest absolute Gasteiger partial charge is 0.407 e. The monoisotopic (exact) mass is 991 g/mol. The number of ether oxygens (including phenoxy) is 2. The lowest BCUT2D eigenvalue weighted by Gasteiger charge is -2.35. The summed E-state index contributed by atoms with van der Waals surface area (Å²) in [6.07, 6.45) is 6.06. The molecule has 10 rings (SSSR count). The second-order valence-electron chi connectivity index (χ2n) is 21.1. The van der Waals surface area contributed by atoms with E-state index in [0.29, 0.717) is 19.0 Å². The number of fused-ring (bicyclic) bond motifs is 2. The van der Waals surface area contributed by atoms with Crippen molar-refractivity contribution in [2.75, 3.05) is 50.2 Å². The molecule has 4 amide bonds. The maximum atomic E-state index is 14.0. The molecule has 4 N–H and O–H groups in total. The second kappa shape index (κ2) is 21.2. The SMILES string of the molecule is COC(=O)NC(C(=O)N1CCC[C@H]1c1nc2ccc([C@H]3CC[C@H](c4ccc5nc([C@@H]6CCCN6C(=O)[C@@H](NC(=O)OC)C(C)C)[nH]c5c4)N3c3ccc(N4CCC(c5ccccc5)CC4)cc3)cc2[nH]1)C(C)C. The third kappa shape index (κ3) is 10.0. The lowest BCUT2D eigenvalue weighted by atomic mass is 9.89. The minimum atomic E-state index is -0.712. The lowest BCUT2D eigenvalue weighted by Crippen LogP contribution is -2.51. The molecule has 4 aliphatic heterocycles. The van der Waals surface area contributed by atoms with Gasteiger partial charge in [0.2, 0.25) is 11.8 Å². The van der Waals surface area contributed by atoms with Crippen LogP contribution in [0.5, 0.6) is 0 Å². The number of benzene rings is 4. The van der Waals surface area contributed by atoms with E-state index in [2.05, 4.69) is 121 Å². The van der Waals surface area contributed by atoms with Crippen LogP contribution >= 0.6 is 0 Å². The number of alkyl carbamates (subject to hydrolysis) is 2. The van der Waals surface area contributed by atoms with Crippen LogP contribution in [0.25, 0.3) is 22.1 Å². The van der Waals surface area contributed by atoms with Crippen LogP contribution in [0.4, 0.5) is 21.0 Å². The lowest BCUT2D eigenvalue weighted by molar-refractivity contribution is -0.136. The van der Waals surface area contributed by atoms with Gasteiger partial charge in [-0.1, -0.05) is 70.2 Å². The fraction of sp³-hybridized carbons (Fsp3) is 0.474. The van der Waals surface area contributed by atoms with Crippen LogP contribution in [-0.4, -0.2) is 106 Å². The highest BCUT2D eigenvalue weighted by Gasteiger charge is 2.41. The Labute approximate surface area is 427 Å². The van der Waals surface area contributed by atoms with Gasteiger partial charge in [0.05, 0.1) is 60.5 Å². The number of carbonyl (C=O) groups is 4. The number of piperidine rings is 1. The number of aromatic nitrogens is 4. The van der Waals surface area contributed by atoms with Crippen LogP contribution in [0, 0.1) is 11.8 Å². The van der Waals surface area contributed by atoms with Crippen molar-refractivity contribution in [2.45, 2.75) is 121 Å². The molecule has 1 unspecified atom stereocenters. The summed E-state index contributed by atoms with van der Waals surface area (Å²) in [4.78, 5) is 78.7. The summed E-state index contributed by atoms with van der Waals surface area (Å²) in [6.45, 7) is 10.9. The highest BCUT2D eigenvalue weighted by molar-refractivity contribution is 5.88. The fourth-order valence-corrected chi connectivity index (χ4v) is 12.1. The number of amides is 4. The molecule has 16 heteroatoms. The third-order valence-electron chi connectivity index (χ3n) is 16.0. The Morgan fingerprint density at radius 3 is 1.47 bits per heavy atom. The van der Waals surface area contributed by atoms with Crippen molar-refractivity contribution in [1.29, 1.82) is 0 Å². The quantitative estimate of drug-likeness (QED) is 0.0870. The van der Waals surface area contributed by atoms with Crippen molar-refractivity contribution in [3.63, 3.8) is 0 Å². The van der Waals surface area contributed by atoms with E-state index in [1.54, 1.807) is 0 Å². The Kier molecular flexibility index (Phi) is 14.3. The molecule has 73 heavy (non-hydrogen) atoms. The van der Waals surface area contributed by atoms with E-state index >= 15 is 0 Å². The predicted octanol–water partition coefficient (Wildman–Crippen LogP) is 9.99. The summed E-state index contributed by atoms with van der Waals surface area (Å²) in [5.41, 5.74) is 9.69. The molecule has 6 aromatic rings. The van der Waals surface area contributed by atoms with E-state index < -0.39 is 24.3 Å². The highest BCUT2D eigenvalue weighted by atomic mass is 16.5. The number of imidazole rings is 2. The summed E-state index contributed by atoms with van der Waals surface area (Å²) in [6, 6.07) is 31.3. The Balaban J connectivity index is 0.937. The van der Waals surface area contributed by atoms with E-state index in [9.17, 15) is 19.2 Å². The zero-order valence-corrected chi connectivity index (χ0v) is 43.0. The number of likely N-dealkylation sites (tertiary alicyclic amines) is 2. The normalized spacial score (nSPS) is 21.4. The minimum absolute atomic E-state index is 0.0490. The molecule has 4 aliphatic rings. The first kappa shape index (κ1) is 49.5. The average Bonchev–Trinajstić information content (AvgIpc) is 4.28. The summed E-state index contributed by atoms with van der Waals surface area (Å²) < 4.78 is 9.72. The number of nitrogens with one attached hydrogen (secondary N) is 4. The van der Waals surface area contributed by atoms with Crippen molar-refractivity contribution in [3.05, 3.63) is 119 Å². The average molecular weight is 991 g/mol. The number of rotatable bonds is 13. The fourth-order valence-electron chi connectivity index (χ4n) is 12.1. The molecule has 0 bridgehead atoms. The molecule has 0 saturated carbocycles. The molecule has 6 heterocycles. The Morgan fingerprint density at radius 2 is 1.01 bits per heavy atom. The molecule has 4 aromatic carbocycles. The molecule has 4 saturated heterocycles. The number of hydrogen-bond donors (Lipinski definition) is 4. The van der Waals surface area contributed by atoms with Gasteiger partial charge in [0, 0.05) is 37.6 Å². The van der Waals surface area contributed by atoms with E-state index in [1.807, 2.05) is 37.5 Å². The summed E-state index contributed by atoms with van der Waals surface area (Å²) in [7, 11) is 2.61. The van der Waals surface area contributed by atoms with Crippen molar-refractivity contribution in [2.24, 2.45) is 11.8 Å². The standard InChI is InChI=1S/C57H70N10O6/c1-34(2)50(62-56(70)72-5)54(68)65-28-10-14-48(65)52-58-42-22-16-38(32-44(42)60-52)46-24-25-47(67(46)41-20-18-40(19-21-41)64-30-26-37(27-31-64)36-12-8-7-9-13-36)39-17-23-43-45(33-39)61-53(59-43)49-15-11-29-66(49)55(69)51(35(3)4)63-57(71)73-6/h7-9,12-13,16-23,32-35,37,46-51H,10-11,14-15,24-31H2,1-6H3,(H,58,60)(H,59,61)(H,62,70)(H,63,71)/t46-,47-,48+,49+,50+,51?/m1/s1. The zero-order valence-electron chi connectivity index (χ0n) is 43.0. The first-order chi connectivity index (χ1) is 35.4. The van der Waals surface area contributed by atoms with E-state index in [1.165, 1.54) is 36.6 Å². The molecular formula is C57H70N10O6. The Bertz CT molecular complexity index is 2780. The van der Waals surface area contributed by atoms with E-state index in [4.69, 9.17) is 19.4 Å². The van der Waals surface area contributed by atoms with Crippen LogP contribution in [0.2, 0.25) is 0 Å². The molecule has 0 radical (unpaired) electrons. The van der Waals surface area contributed by atoms with Crippen LogP contribution in [0.1, 0.15) is 137 Å². The Morgan fingerprint density at radius 1 is 0.548 bits per heavy atom. The van der Waals surface area contributed by atoms with Gasteiger partial charge in [-0.05, 0) is 134 Å². The van der Waals surface area contributed by atoms with Gasteiger partial charge in [0.1, 0.15) is 23.7 Å². The van der Waals surface area contributed by atoms with Crippen LogP contribution < -0.4 is 20.4 Å². The van der Waals surface area contributed by atoms with Crippen LogP contribution in [0.3, 0.4) is 0 Å². The van der Waals surface area contributed by atoms with Gasteiger partial charge in [0.15, 0.2) is 0 Å². The molecule has 0 aliphatic carbocycles. The number of methoxy groups -OCH3 is 2. The van der Waals surface area contributed by atoms with Crippen molar-refractivity contribution in [3.8, 4) is 0 Å². The highest BCUT2D eigenvalue weighted by Crippen LogP contribution is 2.48. The summed E-state index contributed by atoms with van der Waals surface area (Å²) in [5.74, 6) is 1.55. The van der Waals surface area contributed by atoms with Gasteiger partial charge < -0.3 is 49.7 Å². The number of H-pyrrole nitrogens is 2. The van der Waals surface area contributed by atoms with Crippen LogP contribution in [-0.2, 0) is 19.1 Å². The number of aromatic amines is 2. The molecule has 2 aromatic heterocycles. The topological polar surface area (TPSA) is 181 Å². The number of hydrogen-bond acceptors (Lipinski definition) is 10. The van der Waals surface area contributed by atoms with Gasteiger partial charge in [-0.2, -0.15) is 0 Å². The van der Waals surface area contributed by atoms with Gasteiger partial charge in [0.25, 0.3) is 0 Å². The Hall–Kier alpha value is -7.10. The number of nitrogens with zero attached hydrogens (tertiary/aromatic N) is 6. The van der Waals surface area contributed by atoms with E-state index in [-0.39, 0.29) is 47.8 Å². The largest absolute Gasteiger partial charge is 0.453 e. The first-order valence-corrected chi connectivity index (χ1v) is 26.4. The maximum Gasteiger partial charge on any atom is 0.407 e. The van der Waals surface area contributed by atoms with Crippen molar-refractivity contribution < 1.29 is 28.7 Å². The van der Waals surface area contributed by atoms with Gasteiger partial charge in [-0.25, -0.2) is 19.6 Å². The minimum Gasteiger partial charge on any atom is -0.453 e. The maximum absolute atomic E-state index is 14.0. The second-order valence-corrected chi connectivity index (χ2v) is 21.1. The summed E-state index contributed by atoms with van der Waals surface area (Å²) >= 11 is 0. The third-order valence-corrected chi connectivity index (χ3v) is 16.0. The number of carbonyl (C=O) groups excluding carboxylic acids is 4. The van der Waals surface area contributed by atoms with Gasteiger partial charge >= 0.3 is 12.2 Å². The predicted molar refractivity (Wildman–Crippen MR) is 282 cm³/mol. The molecule has 16 nitrogen and oxygen atoms in total. The van der Waals surface area contributed by atoms with Crippen LogP contribution in [0.15, 0.2) is 91.0 Å². The van der Waals surface area contributed by atoms with Crippen molar-refractivity contribution in [1.82, 2.24) is 40.4 Å². The molecule has 4 fully saturated rings. The number of anilines is 2. The zero-order chi connectivity index (χ0) is 50.9. The van der Waals surface area contributed by atoms with E-state index in [0.717, 1.165) is 104 Å². The molecule has 0 spiro atoms.